The Bertz CT molecular complexity index is 4100. The highest BCUT2D eigenvalue weighted by Crippen LogP contribution is 2.21. The van der Waals surface area contributed by atoms with Crippen LogP contribution in [0.25, 0.3) is 38.7 Å². The normalized spacial score (nSPS) is 10.3. The van der Waals surface area contributed by atoms with Crippen LogP contribution in [0.5, 0.6) is 0 Å². The summed E-state index contributed by atoms with van der Waals surface area (Å²) in [5, 5.41) is 21.8. The fourth-order valence-electron chi connectivity index (χ4n) is 8.07. The second-order valence-electron chi connectivity index (χ2n) is 21.0. The van der Waals surface area contributed by atoms with E-state index in [1.165, 1.54) is 101 Å². The first-order valence-corrected chi connectivity index (χ1v) is 28.3. The standard InChI is InChI=1S/C10H14N2O.C9H13N3O2.3C9H10N2.C8H10N2O.C7H8N2O2.C6H6N2O2/c1-7-4-9(8(2)6-13-3)10(11)12-5-7;1-6-4-7(8(10)11-5-6)9(13)12(2)14-3;3*1-6-3-8-7(2)5-11-9(8)10-4-6;1-5-3-7(6(2)11)8(9)10-4-5;1-4-2-5(7(10)11)6(8)9-3-4;7-5-4(6(9)10)2-1-3-8-5/h4-6H,1-3H3,(H2,11,12);4-5H,1-3H3,(H2,10,11);3*3-5H,1-2H3,(H,10,11);3-4H,1-2H3,(H2,9,10);2-3H,1H3,(H2,8,9)(H,10,11);1-3H,(H2,7,8)(H,9,10). The quantitative estimate of drug-likeness (QED) is 0.0402. The van der Waals surface area contributed by atoms with Gasteiger partial charge >= 0.3 is 11.9 Å². The van der Waals surface area contributed by atoms with Crippen molar-refractivity contribution in [3.63, 3.8) is 0 Å². The zero-order chi connectivity index (χ0) is 68.5. The fraction of sp³-hybridized carbons (Fsp3) is 0.224. The molecule has 0 aliphatic heterocycles. The number of anilines is 5. The molecule has 11 aromatic heterocycles. The minimum atomic E-state index is -1.05. The monoisotopic (exact) mass is 1250 g/mol. The third kappa shape index (κ3) is 21.9. The molecule has 0 aromatic carbocycles. The number of carbonyl (C=O) groups excluding carboxylic acids is 2. The van der Waals surface area contributed by atoms with Crippen LogP contribution in [0.1, 0.15) is 116 Å². The molecule has 15 N–H and O–H groups in total. The summed E-state index contributed by atoms with van der Waals surface area (Å²) >= 11 is 0. The lowest BCUT2D eigenvalue weighted by Gasteiger charge is -2.14. The number of allylic oxidation sites excluding steroid dienone is 1. The van der Waals surface area contributed by atoms with E-state index < -0.39 is 11.9 Å². The molecule has 0 fully saturated rings. The molecule has 0 radical (unpaired) electrons. The van der Waals surface area contributed by atoms with Gasteiger partial charge in [0.25, 0.3) is 5.91 Å². The van der Waals surface area contributed by atoms with Gasteiger partial charge in [0, 0.05) is 96.9 Å². The highest BCUT2D eigenvalue weighted by atomic mass is 16.7. The number of fused-ring (bicyclic) bond motifs is 3. The number of hydroxylamine groups is 2. The molecule has 0 bridgehead atoms. The summed E-state index contributed by atoms with van der Waals surface area (Å²) in [5.41, 5.74) is 44.2. The summed E-state index contributed by atoms with van der Waals surface area (Å²) in [5.74, 6) is -1.27. The predicted molar refractivity (Wildman–Crippen MR) is 363 cm³/mol. The molecule has 25 heteroatoms. The number of hydrogen-bond acceptors (Lipinski definition) is 19. The maximum Gasteiger partial charge on any atom is 0.339 e. The second-order valence-corrected chi connectivity index (χ2v) is 21.0. The molecule has 11 rings (SSSR count). The van der Waals surface area contributed by atoms with Crippen molar-refractivity contribution in [2.75, 3.05) is 49.9 Å². The average Bonchev–Trinajstić information content (AvgIpc) is 1.81. The van der Waals surface area contributed by atoms with Gasteiger partial charge in [-0.15, -0.1) is 0 Å². The molecule has 482 valence electrons. The summed E-state index contributed by atoms with van der Waals surface area (Å²) in [6.07, 6.45) is 21.2. The zero-order valence-electron chi connectivity index (χ0n) is 54.4. The van der Waals surface area contributed by atoms with E-state index in [1.54, 1.807) is 51.0 Å². The van der Waals surface area contributed by atoms with Gasteiger partial charge in [0.1, 0.15) is 57.2 Å². The van der Waals surface area contributed by atoms with Crippen molar-refractivity contribution in [1.29, 1.82) is 0 Å². The number of aromatic carboxylic acids is 2. The maximum atomic E-state index is 11.6. The van der Waals surface area contributed by atoms with Crippen molar-refractivity contribution >= 4 is 91.4 Å². The Morgan fingerprint density at radius 1 is 0.446 bits per heavy atom. The average molecular weight is 1250 g/mol. The number of carboxylic acids is 2. The Balaban J connectivity index is 0.000000225. The van der Waals surface area contributed by atoms with E-state index in [-0.39, 0.29) is 40.3 Å². The summed E-state index contributed by atoms with van der Waals surface area (Å²) in [6, 6.07) is 16.3. The van der Waals surface area contributed by atoms with Crippen LogP contribution in [-0.4, -0.2) is 115 Å². The van der Waals surface area contributed by atoms with Crippen LogP contribution < -0.4 is 28.7 Å². The molecule has 92 heavy (non-hydrogen) atoms. The number of nitrogens with two attached hydrogens (primary N) is 5. The lowest BCUT2D eigenvalue weighted by Crippen LogP contribution is -2.26. The Hall–Kier alpha value is -11.6. The summed E-state index contributed by atoms with van der Waals surface area (Å²) in [7, 11) is 4.55. The van der Waals surface area contributed by atoms with E-state index in [1.807, 2.05) is 70.9 Å². The number of rotatable bonds is 7. The van der Waals surface area contributed by atoms with Crippen molar-refractivity contribution in [3.05, 3.63) is 212 Å². The maximum absolute atomic E-state index is 11.6. The Labute approximate surface area is 533 Å². The topological polar surface area (TPSA) is 411 Å². The molecule has 0 aliphatic carbocycles. The lowest BCUT2D eigenvalue weighted by atomic mass is 10.1. The molecule has 25 nitrogen and oxygen atoms in total. The van der Waals surface area contributed by atoms with Gasteiger partial charge < -0.3 is 58.6 Å². The van der Waals surface area contributed by atoms with Crippen LogP contribution in [0, 0.1) is 69.2 Å². The number of amides is 1. The molecule has 0 atom stereocenters. The number of methoxy groups -OCH3 is 1. The van der Waals surface area contributed by atoms with E-state index in [2.05, 4.69) is 115 Å². The highest BCUT2D eigenvalue weighted by molar-refractivity contribution is 5.99. The lowest BCUT2D eigenvalue weighted by molar-refractivity contribution is -0.0756. The Morgan fingerprint density at radius 2 is 0.761 bits per heavy atom. The molecule has 0 saturated carbocycles. The number of carbonyl (C=O) groups is 4. The number of ketones is 1. The second kappa shape index (κ2) is 34.8. The minimum absolute atomic E-state index is 0.0429. The third-order valence-electron chi connectivity index (χ3n) is 13.0. The van der Waals surface area contributed by atoms with E-state index >= 15 is 0 Å². The number of hydrogen-bond donors (Lipinski definition) is 10. The number of nitrogens with one attached hydrogen (secondary N) is 3. The van der Waals surface area contributed by atoms with Gasteiger partial charge in [0.05, 0.1) is 31.6 Å². The number of Topliss-reactive ketones (excluding diaryl/α,β-unsaturated/α-hetero) is 1. The first kappa shape index (κ1) is 72.9. The predicted octanol–water partition coefficient (Wildman–Crippen LogP) is 11.3. The van der Waals surface area contributed by atoms with Crippen LogP contribution in [0.4, 0.5) is 29.1 Å². The van der Waals surface area contributed by atoms with Crippen LogP contribution in [-0.2, 0) is 9.57 Å². The van der Waals surface area contributed by atoms with Gasteiger partial charge in [-0.3, -0.25) is 14.4 Å². The SMILES string of the molecule is CC(=O)c1cc(C)cnc1N.COC=C(C)c1cc(C)cnc1N.CON(C)C(=O)c1cc(C)cnc1N.Cc1cnc(N)c(C(=O)O)c1.Cc1cnc2[nH]cc(C)c2c1.Cc1cnc2[nH]cc(C)c2c1.Cc1cnc2[nH]cc(C)c2c1.Nc1ncccc1C(=O)O. The Morgan fingerprint density at radius 3 is 1.09 bits per heavy atom. The number of nitrogens with zero attached hydrogens (tertiary/aromatic N) is 9. The fourth-order valence-corrected chi connectivity index (χ4v) is 8.07. The summed E-state index contributed by atoms with van der Waals surface area (Å²) in [6.45, 7) is 23.3. The largest absolute Gasteiger partial charge is 0.504 e. The Kier molecular flexibility index (Phi) is 27.6. The molecule has 0 unspecified atom stereocenters. The van der Waals surface area contributed by atoms with Crippen molar-refractivity contribution in [2.24, 2.45) is 0 Å². The third-order valence-corrected chi connectivity index (χ3v) is 13.0. The summed E-state index contributed by atoms with van der Waals surface area (Å²) < 4.78 is 4.91. The summed E-state index contributed by atoms with van der Waals surface area (Å²) in [4.78, 5) is 89.2. The first-order valence-electron chi connectivity index (χ1n) is 28.3. The van der Waals surface area contributed by atoms with Crippen molar-refractivity contribution in [1.82, 2.24) is 59.9 Å². The van der Waals surface area contributed by atoms with E-state index in [0.29, 0.717) is 22.8 Å². The zero-order valence-corrected chi connectivity index (χ0v) is 54.4. The first-order chi connectivity index (χ1) is 43.5. The van der Waals surface area contributed by atoms with Crippen molar-refractivity contribution in [3.8, 4) is 0 Å². The molecule has 0 saturated heterocycles. The van der Waals surface area contributed by atoms with Gasteiger partial charge in [0.15, 0.2) is 5.78 Å². The molecule has 0 spiro atoms. The number of H-pyrrole nitrogens is 3. The highest BCUT2D eigenvalue weighted by Gasteiger charge is 2.16. The molecular weight excluding hydrogens is 1170 g/mol. The molecule has 0 aliphatic rings. The van der Waals surface area contributed by atoms with E-state index in [9.17, 15) is 19.2 Å². The molecule has 11 heterocycles. The van der Waals surface area contributed by atoms with Gasteiger partial charge in [-0.1, -0.05) is 0 Å². The molecule has 1 amide bonds. The van der Waals surface area contributed by atoms with E-state index in [4.69, 9.17) is 48.5 Å². The number of ether oxygens (including phenoxy) is 1. The number of carboxylic acid groups (broad SMARTS) is 2. The van der Waals surface area contributed by atoms with Crippen molar-refractivity contribution in [2.45, 2.75) is 83.1 Å². The number of nitrogen functional groups attached to an aromatic ring is 5. The minimum Gasteiger partial charge on any atom is -0.504 e. The van der Waals surface area contributed by atoms with Crippen LogP contribution in [0.2, 0.25) is 0 Å². The number of pyridine rings is 8. The van der Waals surface area contributed by atoms with Gasteiger partial charge in [-0.25, -0.2) is 54.5 Å². The number of aromatic amines is 3. The van der Waals surface area contributed by atoms with Gasteiger partial charge in [-0.05, 0) is 199 Å². The molecular formula is C67H81N17O8. The van der Waals surface area contributed by atoms with E-state index in [0.717, 1.165) is 55.4 Å². The number of aromatic nitrogens is 11. The van der Waals surface area contributed by atoms with Crippen LogP contribution in [0.15, 0.2) is 129 Å². The van der Waals surface area contributed by atoms with Crippen molar-refractivity contribution < 1.29 is 39.0 Å². The van der Waals surface area contributed by atoms with Gasteiger partial charge in [-0.2, -0.15) is 0 Å². The van der Waals surface area contributed by atoms with Gasteiger partial charge in [0.2, 0.25) is 0 Å². The number of aryl methyl sites for hydroxylation is 10. The van der Waals surface area contributed by atoms with Crippen LogP contribution >= 0.6 is 0 Å². The smallest absolute Gasteiger partial charge is 0.339 e. The molecule has 11 aromatic rings. The van der Waals surface area contributed by atoms with Crippen LogP contribution in [0.3, 0.4) is 0 Å².